The maximum absolute atomic E-state index is 2.56. The molecular formula is C12H23N. The van der Waals surface area contributed by atoms with Crippen LogP contribution in [0.25, 0.3) is 0 Å². The van der Waals surface area contributed by atoms with E-state index >= 15 is 0 Å². The summed E-state index contributed by atoms with van der Waals surface area (Å²) in [4.78, 5) is 2.56. The third kappa shape index (κ3) is 2.25. The number of hydrogen-bond donors (Lipinski definition) is 0. The zero-order valence-electron chi connectivity index (χ0n) is 9.34. The van der Waals surface area contributed by atoms with Crippen molar-refractivity contribution in [3.8, 4) is 0 Å². The van der Waals surface area contributed by atoms with E-state index in [0.717, 1.165) is 12.0 Å². The minimum Gasteiger partial charge on any atom is -0.303 e. The van der Waals surface area contributed by atoms with E-state index in [1.807, 2.05) is 0 Å². The first-order valence-corrected chi connectivity index (χ1v) is 5.79. The maximum atomic E-state index is 2.56. The van der Waals surface area contributed by atoms with Gasteiger partial charge in [-0.05, 0) is 57.0 Å². The highest BCUT2D eigenvalue weighted by molar-refractivity contribution is 4.90. The highest BCUT2D eigenvalue weighted by Gasteiger charge is 2.38. The van der Waals surface area contributed by atoms with Crippen LogP contribution in [0.15, 0.2) is 0 Å². The summed E-state index contributed by atoms with van der Waals surface area (Å²) in [6.07, 6.45) is 7.24. The van der Waals surface area contributed by atoms with Crippen LogP contribution in [0.3, 0.4) is 0 Å². The first-order chi connectivity index (χ1) is 6.09. The summed E-state index contributed by atoms with van der Waals surface area (Å²) in [6, 6.07) is 0.945. The first kappa shape index (κ1) is 9.51. The molecule has 2 aliphatic carbocycles. The highest BCUT2D eigenvalue weighted by Crippen LogP contribution is 2.47. The minimum atomic E-state index is 0.697. The largest absolute Gasteiger partial charge is 0.303 e. The lowest BCUT2D eigenvalue weighted by Gasteiger charge is -2.44. The molecule has 0 spiro atoms. The zero-order valence-corrected chi connectivity index (χ0v) is 9.34. The van der Waals surface area contributed by atoms with Gasteiger partial charge in [-0.1, -0.05) is 13.8 Å². The van der Waals surface area contributed by atoms with Gasteiger partial charge in [-0.2, -0.15) is 0 Å². The molecule has 2 saturated carbocycles. The Balaban J connectivity index is 1.66. The fraction of sp³-hybridized carbons (Fsp3) is 1.00. The Morgan fingerprint density at radius 3 is 2.38 bits per heavy atom. The minimum absolute atomic E-state index is 0.697. The van der Waals surface area contributed by atoms with E-state index in [1.165, 1.54) is 38.6 Å². The van der Waals surface area contributed by atoms with Crippen LogP contribution >= 0.6 is 0 Å². The number of nitrogens with zero attached hydrogens (tertiary/aromatic N) is 1. The average molecular weight is 181 g/mol. The summed E-state index contributed by atoms with van der Waals surface area (Å²) in [5.74, 6) is 0.997. The van der Waals surface area contributed by atoms with Crippen LogP contribution in [0.4, 0.5) is 0 Å². The summed E-state index contributed by atoms with van der Waals surface area (Å²) in [5, 5.41) is 0. The molecule has 0 aromatic rings. The van der Waals surface area contributed by atoms with E-state index in [4.69, 9.17) is 0 Å². The molecule has 0 saturated heterocycles. The smallest absolute Gasteiger partial charge is 0.00933 e. The van der Waals surface area contributed by atoms with Crippen LogP contribution in [0.2, 0.25) is 0 Å². The SMILES string of the molecule is CC1CC(C)(CCN(C)C2CC2)C1. The molecule has 1 heteroatoms. The van der Waals surface area contributed by atoms with Gasteiger partial charge < -0.3 is 4.90 Å². The molecule has 0 amide bonds. The van der Waals surface area contributed by atoms with Crippen LogP contribution in [-0.2, 0) is 0 Å². The Morgan fingerprint density at radius 2 is 1.92 bits per heavy atom. The molecule has 13 heavy (non-hydrogen) atoms. The number of hydrogen-bond acceptors (Lipinski definition) is 1. The van der Waals surface area contributed by atoms with Gasteiger partial charge in [0.15, 0.2) is 0 Å². The molecule has 0 aromatic carbocycles. The second kappa shape index (κ2) is 3.27. The third-order valence-corrected chi connectivity index (χ3v) is 3.92. The molecular weight excluding hydrogens is 158 g/mol. The molecule has 2 rings (SSSR count). The first-order valence-electron chi connectivity index (χ1n) is 5.79. The molecule has 76 valence electrons. The molecule has 0 bridgehead atoms. The molecule has 0 aromatic heterocycles. The van der Waals surface area contributed by atoms with E-state index in [0.29, 0.717) is 5.41 Å². The fourth-order valence-electron chi connectivity index (χ4n) is 2.97. The summed E-state index contributed by atoms with van der Waals surface area (Å²) >= 11 is 0. The molecule has 0 atom stereocenters. The van der Waals surface area contributed by atoms with Crippen LogP contribution in [0.5, 0.6) is 0 Å². The standard InChI is InChI=1S/C12H23N/c1-10-8-12(2,9-10)6-7-13(3)11-4-5-11/h10-11H,4-9H2,1-3H3. The summed E-state index contributed by atoms with van der Waals surface area (Å²) in [7, 11) is 2.29. The van der Waals surface area contributed by atoms with Crippen LogP contribution in [0.1, 0.15) is 46.0 Å². The summed E-state index contributed by atoms with van der Waals surface area (Å²) < 4.78 is 0. The van der Waals surface area contributed by atoms with E-state index in [1.54, 1.807) is 0 Å². The van der Waals surface area contributed by atoms with Gasteiger partial charge in [0.2, 0.25) is 0 Å². The Hall–Kier alpha value is -0.0400. The molecule has 0 unspecified atom stereocenters. The van der Waals surface area contributed by atoms with Crippen molar-refractivity contribution in [2.24, 2.45) is 11.3 Å². The van der Waals surface area contributed by atoms with Crippen LogP contribution in [0, 0.1) is 11.3 Å². The van der Waals surface area contributed by atoms with E-state index in [9.17, 15) is 0 Å². The van der Waals surface area contributed by atoms with Crippen molar-refractivity contribution in [1.82, 2.24) is 4.90 Å². The van der Waals surface area contributed by atoms with Crippen molar-refractivity contribution in [3.05, 3.63) is 0 Å². The average Bonchev–Trinajstić information content (AvgIpc) is 2.79. The van der Waals surface area contributed by atoms with Gasteiger partial charge in [-0.25, -0.2) is 0 Å². The van der Waals surface area contributed by atoms with Crippen molar-refractivity contribution in [3.63, 3.8) is 0 Å². The maximum Gasteiger partial charge on any atom is 0.00933 e. The lowest BCUT2D eigenvalue weighted by Crippen LogP contribution is -2.36. The monoisotopic (exact) mass is 181 g/mol. The normalized spacial score (nSPS) is 39.2. The van der Waals surface area contributed by atoms with Gasteiger partial charge in [0, 0.05) is 6.04 Å². The highest BCUT2D eigenvalue weighted by atomic mass is 15.1. The predicted octanol–water partition coefficient (Wildman–Crippen LogP) is 2.91. The predicted molar refractivity (Wildman–Crippen MR) is 56.8 cm³/mol. The second-order valence-electron chi connectivity index (χ2n) is 5.79. The Bertz CT molecular complexity index is 178. The number of rotatable bonds is 4. The molecule has 0 heterocycles. The second-order valence-corrected chi connectivity index (χ2v) is 5.79. The molecule has 1 nitrogen and oxygen atoms in total. The van der Waals surface area contributed by atoms with Crippen molar-refractivity contribution >= 4 is 0 Å². The van der Waals surface area contributed by atoms with Gasteiger partial charge >= 0.3 is 0 Å². The van der Waals surface area contributed by atoms with E-state index < -0.39 is 0 Å². The quantitative estimate of drug-likeness (QED) is 0.644. The Kier molecular flexibility index (Phi) is 2.39. The van der Waals surface area contributed by atoms with E-state index in [2.05, 4.69) is 25.8 Å². The summed E-state index contributed by atoms with van der Waals surface area (Å²) in [5.41, 5.74) is 0.697. The van der Waals surface area contributed by atoms with Gasteiger partial charge in [0.1, 0.15) is 0 Å². The molecule has 0 aliphatic heterocycles. The lowest BCUT2D eigenvalue weighted by molar-refractivity contribution is 0.0650. The van der Waals surface area contributed by atoms with Crippen LogP contribution in [-0.4, -0.2) is 24.5 Å². The van der Waals surface area contributed by atoms with Crippen molar-refractivity contribution in [1.29, 1.82) is 0 Å². The van der Waals surface area contributed by atoms with Crippen molar-refractivity contribution < 1.29 is 0 Å². The fourth-order valence-corrected chi connectivity index (χ4v) is 2.97. The summed E-state index contributed by atoms with van der Waals surface area (Å²) in [6.45, 7) is 6.17. The van der Waals surface area contributed by atoms with Crippen LogP contribution < -0.4 is 0 Å². The Morgan fingerprint density at radius 1 is 1.31 bits per heavy atom. The molecule has 2 fully saturated rings. The van der Waals surface area contributed by atoms with Gasteiger partial charge in [0.05, 0.1) is 0 Å². The van der Waals surface area contributed by atoms with Gasteiger partial charge in [0.25, 0.3) is 0 Å². The van der Waals surface area contributed by atoms with Crippen molar-refractivity contribution in [2.75, 3.05) is 13.6 Å². The Labute approximate surface area is 82.5 Å². The van der Waals surface area contributed by atoms with Crippen molar-refractivity contribution in [2.45, 2.75) is 52.0 Å². The topological polar surface area (TPSA) is 3.24 Å². The van der Waals surface area contributed by atoms with E-state index in [-0.39, 0.29) is 0 Å². The molecule has 0 radical (unpaired) electrons. The molecule has 0 N–H and O–H groups in total. The van der Waals surface area contributed by atoms with Gasteiger partial charge in [-0.3, -0.25) is 0 Å². The zero-order chi connectivity index (χ0) is 9.47. The molecule has 2 aliphatic rings. The third-order valence-electron chi connectivity index (χ3n) is 3.92. The lowest BCUT2D eigenvalue weighted by atomic mass is 9.62. The van der Waals surface area contributed by atoms with Gasteiger partial charge in [-0.15, -0.1) is 0 Å².